The first kappa shape index (κ1) is 21.4. The first-order valence-corrected chi connectivity index (χ1v) is 9.35. The van der Waals surface area contributed by atoms with Crippen LogP contribution in [0.15, 0.2) is 24.3 Å². The van der Waals surface area contributed by atoms with E-state index in [9.17, 15) is 24.2 Å². The summed E-state index contributed by atoms with van der Waals surface area (Å²) >= 11 is 0. The van der Waals surface area contributed by atoms with Crippen LogP contribution in [0.2, 0.25) is 0 Å². The number of aromatic nitrogens is 2. The van der Waals surface area contributed by atoms with Crippen molar-refractivity contribution in [3.63, 3.8) is 0 Å². The standard InChI is InChI=1S/C19H22FN5O5/c20-13-3-1-12(2-4-13)11-22-19(29)16-23-14(15(26)18(28)24-16)17(27)21-5-6-25-7-9-30-10-8-25/h1-4,26H,5-11H2,(H,21,27)(H,22,29)(H,23,24,28). The van der Waals surface area contributed by atoms with Crippen LogP contribution in [0.25, 0.3) is 0 Å². The molecule has 1 aromatic heterocycles. The van der Waals surface area contributed by atoms with Crippen LogP contribution in [0, 0.1) is 5.82 Å². The van der Waals surface area contributed by atoms with Gasteiger partial charge in [0.1, 0.15) is 5.82 Å². The SMILES string of the molecule is O=C(NCc1ccc(F)cc1)c1nc(O)c(O)c(C(=O)NCCN2CCOCC2)n1. The molecule has 11 heteroatoms. The molecule has 0 atom stereocenters. The molecule has 1 aromatic carbocycles. The average molecular weight is 419 g/mol. The van der Waals surface area contributed by atoms with Crippen molar-refractivity contribution in [2.24, 2.45) is 0 Å². The van der Waals surface area contributed by atoms with Crippen LogP contribution in [-0.2, 0) is 11.3 Å². The number of halogens is 1. The normalized spacial score (nSPS) is 14.3. The van der Waals surface area contributed by atoms with Crippen molar-refractivity contribution in [2.45, 2.75) is 6.54 Å². The first-order chi connectivity index (χ1) is 14.4. The fourth-order valence-electron chi connectivity index (χ4n) is 2.80. The van der Waals surface area contributed by atoms with Gasteiger partial charge in [0.05, 0.1) is 13.2 Å². The van der Waals surface area contributed by atoms with E-state index >= 15 is 0 Å². The molecule has 2 aromatic rings. The van der Waals surface area contributed by atoms with Crippen molar-refractivity contribution >= 4 is 11.8 Å². The molecule has 1 aliphatic heterocycles. The highest BCUT2D eigenvalue weighted by Gasteiger charge is 2.22. The molecule has 10 nitrogen and oxygen atoms in total. The van der Waals surface area contributed by atoms with Crippen LogP contribution in [0.1, 0.15) is 26.7 Å². The summed E-state index contributed by atoms with van der Waals surface area (Å²) < 4.78 is 18.2. The zero-order chi connectivity index (χ0) is 21.5. The minimum absolute atomic E-state index is 0.0607. The zero-order valence-corrected chi connectivity index (χ0v) is 16.1. The Kier molecular flexibility index (Phi) is 7.09. The van der Waals surface area contributed by atoms with E-state index in [4.69, 9.17) is 4.74 Å². The van der Waals surface area contributed by atoms with Crippen molar-refractivity contribution in [2.75, 3.05) is 39.4 Å². The van der Waals surface area contributed by atoms with Crippen molar-refractivity contribution in [1.82, 2.24) is 25.5 Å². The number of nitrogens with one attached hydrogen (secondary N) is 2. The molecule has 0 aliphatic carbocycles. The number of carbonyl (C=O) groups is 2. The molecule has 0 radical (unpaired) electrons. The summed E-state index contributed by atoms with van der Waals surface area (Å²) in [5.74, 6) is -4.08. The van der Waals surface area contributed by atoms with Gasteiger partial charge in [0.2, 0.25) is 11.6 Å². The third kappa shape index (κ3) is 5.61. The second kappa shape index (κ2) is 9.94. The molecule has 4 N–H and O–H groups in total. The van der Waals surface area contributed by atoms with Gasteiger partial charge in [-0.3, -0.25) is 14.5 Å². The van der Waals surface area contributed by atoms with Gasteiger partial charge in [0, 0.05) is 32.7 Å². The van der Waals surface area contributed by atoms with Gasteiger partial charge < -0.3 is 25.6 Å². The van der Waals surface area contributed by atoms with Crippen LogP contribution >= 0.6 is 0 Å². The molecule has 2 heterocycles. The third-order valence-corrected chi connectivity index (χ3v) is 4.47. The number of amides is 2. The maximum Gasteiger partial charge on any atom is 0.289 e. The van der Waals surface area contributed by atoms with Gasteiger partial charge in [-0.2, -0.15) is 4.98 Å². The van der Waals surface area contributed by atoms with E-state index in [-0.39, 0.29) is 13.1 Å². The Labute approximate surface area is 171 Å². The fraction of sp³-hybridized carbons (Fsp3) is 0.368. The summed E-state index contributed by atoms with van der Waals surface area (Å²) in [5, 5.41) is 24.8. The van der Waals surface area contributed by atoms with Gasteiger partial charge in [0.25, 0.3) is 17.7 Å². The molecule has 3 rings (SSSR count). The fourth-order valence-corrected chi connectivity index (χ4v) is 2.80. The first-order valence-electron chi connectivity index (χ1n) is 9.35. The predicted molar refractivity (Wildman–Crippen MR) is 103 cm³/mol. The minimum atomic E-state index is -0.879. The lowest BCUT2D eigenvalue weighted by atomic mass is 10.2. The summed E-state index contributed by atoms with van der Waals surface area (Å²) in [5.41, 5.74) is 0.130. The Bertz CT molecular complexity index is 903. The van der Waals surface area contributed by atoms with Crippen molar-refractivity contribution in [1.29, 1.82) is 0 Å². The molecule has 30 heavy (non-hydrogen) atoms. The smallest absolute Gasteiger partial charge is 0.289 e. The minimum Gasteiger partial charge on any atom is -0.501 e. The lowest BCUT2D eigenvalue weighted by Gasteiger charge is -2.26. The van der Waals surface area contributed by atoms with Crippen molar-refractivity contribution in [3.8, 4) is 11.6 Å². The molecular weight excluding hydrogens is 397 g/mol. The Morgan fingerprint density at radius 1 is 1.07 bits per heavy atom. The van der Waals surface area contributed by atoms with Gasteiger partial charge in [-0.15, -0.1) is 0 Å². The number of rotatable bonds is 7. The zero-order valence-electron chi connectivity index (χ0n) is 16.1. The van der Waals surface area contributed by atoms with Crippen LogP contribution < -0.4 is 10.6 Å². The van der Waals surface area contributed by atoms with Gasteiger partial charge in [-0.25, -0.2) is 9.37 Å². The van der Waals surface area contributed by atoms with E-state index < -0.39 is 40.8 Å². The molecular formula is C19H22FN5O5. The van der Waals surface area contributed by atoms with Gasteiger partial charge in [0.15, 0.2) is 5.69 Å². The quantitative estimate of drug-likeness (QED) is 0.493. The Hall–Kier alpha value is -3.31. The van der Waals surface area contributed by atoms with Crippen LogP contribution in [0.4, 0.5) is 4.39 Å². The van der Waals surface area contributed by atoms with E-state index in [0.717, 1.165) is 13.1 Å². The van der Waals surface area contributed by atoms with E-state index in [1.54, 1.807) is 0 Å². The van der Waals surface area contributed by atoms with Crippen molar-refractivity contribution in [3.05, 3.63) is 47.2 Å². The molecule has 0 spiro atoms. The Balaban J connectivity index is 1.61. The van der Waals surface area contributed by atoms with E-state index in [2.05, 4.69) is 25.5 Å². The number of hydrogen-bond acceptors (Lipinski definition) is 8. The molecule has 2 amide bonds. The molecule has 0 bridgehead atoms. The maximum absolute atomic E-state index is 12.9. The maximum atomic E-state index is 12.9. The van der Waals surface area contributed by atoms with Crippen LogP contribution in [-0.4, -0.2) is 76.3 Å². The molecule has 1 aliphatic rings. The highest BCUT2D eigenvalue weighted by atomic mass is 19.1. The second-order valence-corrected chi connectivity index (χ2v) is 6.59. The number of benzene rings is 1. The lowest BCUT2D eigenvalue weighted by molar-refractivity contribution is 0.0383. The Morgan fingerprint density at radius 3 is 2.47 bits per heavy atom. The number of morpholine rings is 1. The number of hydrogen-bond donors (Lipinski definition) is 4. The van der Waals surface area contributed by atoms with Crippen molar-refractivity contribution < 1.29 is 28.9 Å². The van der Waals surface area contributed by atoms with Gasteiger partial charge in [-0.05, 0) is 17.7 Å². The molecule has 0 saturated carbocycles. The molecule has 1 fully saturated rings. The highest BCUT2D eigenvalue weighted by Crippen LogP contribution is 2.25. The molecule has 1 saturated heterocycles. The number of aromatic hydroxyl groups is 2. The monoisotopic (exact) mass is 419 g/mol. The van der Waals surface area contributed by atoms with Gasteiger partial charge in [-0.1, -0.05) is 12.1 Å². The summed E-state index contributed by atoms with van der Waals surface area (Å²) in [6, 6.07) is 5.50. The average Bonchev–Trinajstić information content (AvgIpc) is 2.75. The second-order valence-electron chi connectivity index (χ2n) is 6.59. The number of nitrogens with zero attached hydrogens (tertiary/aromatic N) is 3. The van der Waals surface area contributed by atoms with Crippen LogP contribution in [0.5, 0.6) is 11.6 Å². The highest BCUT2D eigenvalue weighted by molar-refractivity contribution is 5.97. The lowest BCUT2D eigenvalue weighted by Crippen LogP contribution is -2.41. The number of carbonyl (C=O) groups excluding carboxylic acids is 2. The summed E-state index contributed by atoms with van der Waals surface area (Å²) in [6.45, 7) is 3.70. The van der Waals surface area contributed by atoms with E-state index in [1.165, 1.54) is 24.3 Å². The van der Waals surface area contributed by atoms with Crippen LogP contribution in [0.3, 0.4) is 0 Å². The summed E-state index contributed by atoms with van der Waals surface area (Å²) in [6.07, 6.45) is 0. The van der Waals surface area contributed by atoms with Gasteiger partial charge >= 0.3 is 0 Å². The Morgan fingerprint density at radius 2 is 1.77 bits per heavy atom. The largest absolute Gasteiger partial charge is 0.501 e. The van der Waals surface area contributed by atoms with E-state index in [0.29, 0.717) is 25.3 Å². The predicted octanol–water partition coefficient (Wildman–Crippen LogP) is 0.0189. The van der Waals surface area contributed by atoms with E-state index in [1.807, 2.05) is 0 Å². The summed E-state index contributed by atoms with van der Waals surface area (Å²) in [7, 11) is 0. The third-order valence-electron chi connectivity index (χ3n) is 4.47. The summed E-state index contributed by atoms with van der Waals surface area (Å²) in [4.78, 5) is 34.1. The number of ether oxygens (including phenoxy) is 1. The molecule has 0 unspecified atom stereocenters. The molecule has 160 valence electrons. The topological polar surface area (TPSA) is 137 Å².